The first-order valence-electron chi connectivity index (χ1n) is 4.66. The lowest BCUT2D eigenvalue weighted by Gasteiger charge is -2.13. The van der Waals surface area contributed by atoms with Crippen LogP contribution in [0.25, 0.3) is 0 Å². The molecule has 14 heavy (non-hydrogen) atoms. The van der Waals surface area contributed by atoms with E-state index in [4.69, 9.17) is 5.11 Å². The number of aliphatic carboxylic acids is 1. The van der Waals surface area contributed by atoms with Crippen LogP contribution in [0.2, 0.25) is 0 Å². The summed E-state index contributed by atoms with van der Waals surface area (Å²) >= 11 is 0. The van der Waals surface area contributed by atoms with Crippen molar-refractivity contribution in [3.63, 3.8) is 0 Å². The van der Waals surface area contributed by atoms with Crippen LogP contribution < -0.4 is 5.32 Å². The fraction of sp³-hybridized carbons (Fsp3) is 0.889. The quantitative estimate of drug-likeness (QED) is 0.718. The maximum Gasteiger partial charge on any atom is 0.375 e. The molecular weight excluding hydrogens is 192 g/mol. The summed E-state index contributed by atoms with van der Waals surface area (Å²) in [7, 11) is 0. The van der Waals surface area contributed by atoms with Crippen molar-refractivity contribution >= 4 is 5.97 Å². The van der Waals surface area contributed by atoms with Gasteiger partial charge in [0.1, 0.15) is 0 Å². The van der Waals surface area contributed by atoms with E-state index in [1.165, 1.54) is 0 Å². The van der Waals surface area contributed by atoms with Gasteiger partial charge in [-0.3, -0.25) is 0 Å². The molecule has 0 radical (unpaired) electrons. The van der Waals surface area contributed by atoms with Crippen molar-refractivity contribution in [3.8, 4) is 0 Å². The maximum atomic E-state index is 12.6. The molecule has 0 saturated heterocycles. The van der Waals surface area contributed by atoms with Gasteiger partial charge in [-0.05, 0) is 18.3 Å². The predicted molar refractivity (Wildman–Crippen MR) is 47.4 cm³/mol. The highest BCUT2D eigenvalue weighted by Gasteiger charge is 2.50. The van der Waals surface area contributed by atoms with Crippen LogP contribution in [-0.2, 0) is 4.79 Å². The Hall–Kier alpha value is -0.710. The molecule has 1 fully saturated rings. The van der Waals surface area contributed by atoms with Crippen LogP contribution in [0.15, 0.2) is 0 Å². The van der Waals surface area contributed by atoms with E-state index in [9.17, 15) is 13.6 Å². The Morgan fingerprint density at radius 2 is 2.29 bits per heavy atom. The highest BCUT2D eigenvalue weighted by Crippen LogP contribution is 2.48. The molecule has 2 N–H and O–H groups in total. The van der Waals surface area contributed by atoms with E-state index in [0.717, 1.165) is 12.8 Å². The summed E-state index contributed by atoms with van der Waals surface area (Å²) in [6, 6.07) is 0.0396. The van der Waals surface area contributed by atoms with Crippen molar-refractivity contribution in [2.45, 2.75) is 38.7 Å². The third-order valence-corrected chi connectivity index (χ3v) is 3.04. The first kappa shape index (κ1) is 11.4. The Morgan fingerprint density at radius 1 is 1.71 bits per heavy atom. The summed E-state index contributed by atoms with van der Waals surface area (Å²) in [6.07, 6.45) is 1.77. The number of nitrogens with one attached hydrogen (secondary N) is 1. The van der Waals surface area contributed by atoms with Gasteiger partial charge in [0.05, 0.1) is 6.54 Å². The molecule has 0 aromatic rings. The van der Waals surface area contributed by atoms with Crippen LogP contribution in [0.1, 0.15) is 26.7 Å². The summed E-state index contributed by atoms with van der Waals surface area (Å²) in [6.45, 7) is 3.23. The van der Waals surface area contributed by atoms with Crippen LogP contribution >= 0.6 is 0 Å². The Kier molecular flexibility index (Phi) is 2.81. The highest BCUT2D eigenvalue weighted by atomic mass is 19.3. The van der Waals surface area contributed by atoms with Crippen LogP contribution in [0.5, 0.6) is 0 Å². The predicted octanol–water partition coefficient (Wildman–Crippen LogP) is 1.48. The fourth-order valence-electron chi connectivity index (χ4n) is 1.44. The zero-order chi connectivity index (χ0) is 11.0. The summed E-state index contributed by atoms with van der Waals surface area (Å²) in [5, 5.41) is 10.8. The number of hydrogen-bond donors (Lipinski definition) is 2. The topological polar surface area (TPSA) is 49.3 Å². The molecule has 0 amide bonds. The monoisotopic (exact) mass is 207 g/mol. The van der Waals surface area contributed by atoms with Gasteiger partial charge in [-0.1, -0.05) is 13.8 Å². The molecular formula is C9H15F2NO2. The molecule has 1 aliphatic rings. The number of carboxylic acids is 1. The van der Waals surface area contributed by atoms with E-state index in [2.05, 4.69) is 5.32 Å². The number of carboxylic acid groups (broad SMARTS) is 1. The van der Waals surface area contributed by atoms with E-state index < -0.39 is 18.4 Å². The van der Waals surface area contributed by atoms with Gasteiger partial charge in [-0.15, -0.1) is 0 Å². The van der Waals surface area contributed by atoms with Gasteiger partial charge in [0, 0.05) is 6.04 Å². The zero-order valence-electron chi connectivity index (χ0n) is 8.31. The van der Waals surface area contributed by atoms with Crippen LogP contribution in [-0.4, -0.2) is 29.6 Å². The van der Waals surface area contributed by atoms with E-state index in [0.29, 0.717) is 0 Å². The lowest BCUT2D eigenvalue weighted by Crippen LogP contribution is -2.41. The molecule has 82 valence electrons. The Balaban J connectivity index is 2.33. The summed E-state index contributed by atoms with van der Waals surface area (Å²) in [5.74, 6) is -5.72. The van der Waals surface area contributed by atoms with Crippen molar-refractivity contribution in [2.24, 2.45) is 5.41 Å². The number of hydrogen-bond acceptors (Lipinski definition) is 2. The minimum absolute atomic E-state index is 0.0396. The van der Waals surface area contributed by atoms with Crippen LogP contribution in [0.3, 0.4) is 0 Å². The second-order valence-corrected chi connectivity index (χ2v) is 4.15. The SMILES string of the molecule is CCC1(C)CC1NCC(F)(F)C(=O)O. The molecule has 0 aliphatic heterocycles. The lowest BCUT2D eigenvalue weighted by atomic mass is 10.1. The second kappa shape index (κ2) is 3.46. The first-order valence-corrected chi connectivity index (χ1v) is 4.66. The van der Waals surface area contributed by atoms with Crippen LogP contribution in [0.4, 0.5) is 8.78 Å². The third-order valence-electron chi connectivity index (χ3n) is 3.04. The molecule has 2 unspecified atom stereocenters. The first-order chi connectivity index (χ1) is 6.32. The smallest absolute Gasteiger partial charge is 0.375 e. The average Bonchev–Trinajstić information content (AvgIpc) is 2.75. The van der Waals surface area contributed by atoms with Gasteiger partial charge in [-0.25, -0.2) is 4.79 Å². The van der Waals surface area contributed by atoms with Gasteiger partial charge < -0.3 is 10.4 Å². The molecule has 0 aromatic carbocycles. The van der Waals surface area contributed by atoms with E-state index in [1.54, 1.807) is 0 Å². The average molecular weight is 207 g/mol. The van der Waals surface area contributed by atoms with Gasteiger partial charge in [0.15, 0.2) is 0 Å². The maximum absolute atomic E-state index is 12.6. The van der Waals surface area contributed by atoms with Crippen molar-refractivity contribution in [1.82, 2.24) is 5.32 Å². The van der Waals surface area contributed by atoms with Crippen molar-refractivity contribution in [3.05, 3.63) is 0 Å². The van der Waals surface area contributed by atoms with Gasteiger partial charge in [-0.2, -0.15) is 8.78 Å². The van der Waals surface area contributed by atoms with Crippen molar-refractivity contribution in [1.29, 1.82) is 0 Å². The number of rotatable bonds is 5. The van der Waals surface area contributed by atoms with Crippen LogP contribution in [0, 0.1) is 5.41 Å². The number of carbonyl (C=O) groups is 1. The summed E-state index contributed by atoms with van der Waals surface area (Å²) in [5.41, 5.74) is 0.0780. The number of alkyl halides is 2. The second-order valence-electron chi connectivity index (χ2n) is 4.15. The van der Waals surface area contributed by atoms with E-state index in [1.807, 2.05) is 13.8 Å². The molecule has 0 bridgehead atoms. The van der Waals surface area contributed by atoms with Crippen molar-refractivity contribution in [2.75, 3.05) is 6.54 Å². The zero-order valence-corrected chi connectivity index (χ0v) is 8.31. The van der Waals surface area contributed by atoms with Gasteiger partial charge in [0.2, 0.25) is 0 Å². The summed E-state index contributed by atoms with van der Waals surface area (Å²) in [4.78, 5) is 10.1. The van der Waals surface area contributed by atoms with Crippen molar-refractivity contribution < 1.29 is 18.7 Å². The molecule has 2 atom stereocenters. The minimum Gasteiger partial charge on any atom is -0.477 e. The third kappa shape index (κ3) is 2.20. The van der Waals surface area contributed by atoms with E-state index in [-0.39, 0.29) is 11.5 Å². The molecule has 3 nitrogen and oxygen atoms in total. The standard InChI is InChI=1S/C9H15F2NO2/c1-3-8(2)4-6(8)12-5-9(10,11)7(13)14/h6,12H,3-5H2,1-2H3,(H,13,14). The normalized spacial score (nSPS) is 31.6. The molecule has 1 saturated carbocycles. The fourth-order valence-corrected chi connectivity index (χ4v) is 1.44. The van der Waals surface area contributed by atoms with E-state index >= 15 is 0 Å². The Labute approximate surface area is 81.5 Å². The molecule has 0 spiro atoms. The molecule has 0 heterocycles. The number of halogens is 2. The molecule has 1 rings (SSSR count). The highest BCUT2D eigenvalue weighted by molar-refractivity contribution is 5.75. The minimum atomic E-state index is -3.66. The summed E-state index contributed by atoms with van der Waals surface area (Å²) < 4.78 is 25.3. The largest absolute Gasteiger partial charge is 0.477 e. The lowest BCUT2D eigenvalue weighted by molar-refractivity contribution is -0.164. The van der Waals surface area contributed by atoms with Gasteiger partial charge >= 0.3 is 11.9 Å². The molecule has 0 aromatic heterocycles. The Morgan fingerprint density at radius 3 is 2.64 bits per heavy atom. The van der Waals surface area contributed by atoms with Gasteiger partial charge in [0.25, 0.3) is 0 Å². The molecule has 5 heteroatoms. The molecule has 1 aliphatic carbocycles. The Bertz CT molecular complexity index is 245.